The van der Waals surface area contributed by atoms with Crippen molar-refractivity contribution in [1.82, 2.24) is 0 Å². The molecule has 0 N–H and O–H groups in total. The lowest BCUT2D eigenvalue weighted by atomic mass is 9.73. The first-order chi connectivity index (χ1) is 6.20. The average Bonchev–Trinajstić information content (AvgIpc) is 2.15. The summed E-state index contributed by atoms with van der Waals surface area (Å²) in [5.74, 6) is 0.914. The molecule has 0 radical (unpaired) electrons. The Bertz CT molecular complexity index is 278. The van der Waals surface area contributed by atoms with E-state index in [1.807, 2.05) is 0 Å². The van der Waals surface area contributed by atoms with Gasteiger partial charge in [-0.15, -0.1) is 0 Å². The van der Waals surface area contributed by atoms with Crippen LogP contribution in [0.2, 0.25) is 0 Å². The van der Waals surface area contributed by atoms with Gasteiger partial charge < -0.3 is 0 Å². The summed E-state index contributed by atoms with van der Waals surface area (Å²) in [7, 11) is 0. The van der Waals surface area contributed by atoms with Gasteiger partial charge in [-0.3, -0.25) is 0 Å². The third kappa shape index (κ3) is 1.47. The summed E-state index contributed by atoms with van der Waals surface area (Å²) in [5, 5.41) is 0. The lowest BCUT2D eigenvalue weighted by molar-refractivity contribution is 0.438. The molecular weight excluding hydrogens is 156 g/mol. The van der Waals surface area contributed by atoms with Crippen molar-refractivity contribution >= 4 is 0 Å². The minimum Gasteiger partial charge on any atom is -0.0695 e. The van der Waals surface area contributed by atoms with Gasteiger partial charge >= 0.3 is 0 Å². The molecule has 72 valence electrons. The largest absolute Gasteiger partial charge is 0.0695 e. The Morgan fingerprint density at radius 3 is 2.54 bits per heavy atom. The van der Waals surface area contributed by atoms with Gasteiger partial charge in [-0.25, -0.2) is 0 Å². The molecule has 0 bridgehead atoms. The van der Waals surface area contributed by atoms with Gasteiger partial charge in [0, 0.05) is 0 Å². The molecule has 0 spiro atoms. The standard InChI is InChI=1S/C13H20/c1-9-8-12-6-4-5-7-13(12)11(3)10(9)2/h12H,4-8H2,1-3H3. The molecule has 1 fully saturated rings. The minimum absolute atomic E-state index is 0.914. The number of fused-ring (bicyclic) bond motifs is 1. The van der Waals surface area contributed by atoms with E-state index in [-0.39, 0.29) is 0 Å². The summed E-state index contributed by atoms with van der Waals surface area (Å²) in [4.78, 5) is 0. The molecule has 0 aromatic carbocycles. The van der Waals surface area contributed by atoms with Gasteiger partial charge in [0.15, 0.2) is 0 Å². The van der Waals surface area contributed by atoms with Crippen molar-refractivity contribution in [3.05, 3.63) is 22.3 Å². The van der Waals surface area contributed by atoms with E-state index in [4.69, 9.17) is 0 Å². The van der Waals surface area contributed by atoms with Crippen LogP contribution in [0.3, 0.4) is 0 Å². The summed E-state index contributed by atoms with van der Waals surface area (Å²) in [6.45, 7) is 6.93. The molecule has 1 unspecified atom stereocenters. The van der Waals surface area contributed by atoms with E-state index in [0.717, 1.165) is 5.92 Å². The molecule has 0 aromatic rings. The maximum atomic E-state index is 2.33. The second-order valence-corrected chi connectivity index (χ2v) is 4.70. The zero-order valence-electron chi connectivity index (χ0n) is 9.11. The van der Waals surface area contributed by atoms with Crippen LogP contribution in [-0.2, 0) is 0 Å². The molecule has 2 rings (SSSR count). The van der Waals surface area contributed by atoms with Gasteiger partial charge in [0.25, 0.3) is 0 Å². The summed E-state index contributed by atoms with van der Waals surface area (Å²) in [5.41, 5.74) is 6.61. The van der Waals surface area contributed by atoms with Crippen LogP contribution in [0, 0.1) is 5.92 Å². The van der Waals surface area contributed by atoms with Crippen molar-refractivity contribution in [2.45, 2.75) is 52.9 Å². The Balaban J connectivity index is 2.36. The lowest BCUT2D eigenvalue weighted by Crippen LogP contribution is -2.16. The van der Waals surface area contributed by atoms with Crippen LogP contribution in [0.15, 0.2) is 22.3 Å². The van der Waals surface area contributed by atoms with Gasteiger partial charge in [0.2, 0.25) is 0 Å². The molecule has 1 saturated carbocycles. The first-order valence-electron chi connectivity index (χ1n) is 5.56. The second-order valence-electron chi connectivity index (χ2n) is 4.70. The Morgan fingerprint density at radius 2 is 1.77 bits per heavy atom. The molecule has 0 saturated heterocycles. The van der Waals surface area contributed by atoms with Crippen LogP contribution in [0.5, 0.6) is 0 Å². The van der Waals surface area contributed by atoms with Gasteiger partial charge in [-0.1, -0.05) is 17.6 Å². The van der Waals surface area contributed by atoms with E-state index in [9.17, 15) is 0 Å². The number of rotatable bonds is 0. The van der Waals surface area contributed by atoms with Crippen LogP contribution in [-0.4, -0.2) is 0 Å². The van der Waals surface area contributed by atoms with E-state index in [1.165, 1.54) is 32.1 Å². The summed E-state index contributed by atoms with van der Waals surface area (Å²) in [6.07, 6.45) is 7.04. The van der Waals surface area contributed by atoms with Crippen LogP contribution in [0.1, 0.15) is 52.9 Å². The van der Waals surface area contributed by atoms with Crippen molar-refractivity contribution in [3.8, 4) is 0 Å². The molecule has 13 heavy (non-hydrogen) atoms. The Kier molecular flexibility index (Phi) is 2.31. The summed E-state index contributed by atoms with van der Waals surface area (Å²) in [6, 6.07) is 0. The molecular formula is C13H20. The average molecular weight is 176 g/mol. The van der Waals surface area contributed by atoms with Gasteiger partial charge in [-0.2, -0.15) is 0 Å². The number of hydrogen-bond acceptors (Lipinski definition) is 0. The highest BCUT2D eigenvalue weighted by Crippen LogP contribution is 2.41. The predicted octanol–water partition coefficient (Wildman–Crippen LogP) is 4.23. The maximum absolute atomic E-state index is 2.33. The van der Waals surface area contributed by atoms with Crippen LogP contribution in [0.25, 0.3) is 0 Å². The van der Waals surface area contributed by atoms with Gasteiger partial charge in [-0.05, 0) is 63.5 Å². The van der Waals surface area contributed by atoms with Crippen LogP contribution >= 0.6 is 0 Å². The smallest absolute Gasteiger partial charge is 0.0160 e. The van der Waals surface area contributed by atoms with Crippen molar-refractivity contribution in [3.63, 3.8) is 0 Å². The molecule has 0 amide bonds. The lowest BCUT2D eigenvalue weighted by Gasteiger charge is -2.32. The van der Waals surface area contributed by atoms with E-state index >= 15 is 0 Å². The van der Waals surface area contributed by atoms with E-state index in [0.29, 0.717) is 0 Å². The fourth-order valence-electron chi connectivity index (χ4n) is 2.89. The molecule has 0 heterocycles. The van der Waals surface area contributed by atoms with Crippen LogP contribution in [0.4, 0.5) is 0 Å². The molecule has 2 aliphatic rings. The van der Waals surface area contributed by atoms with Gasteiger partial charge in [0.1, 0.15) is 0 Å². The first kappa shape index (κ1) is 9.05. The van der Waals surface area contributed by atoms with Crippen molar-refractivity contribution < 1.29 is 0 Å². The number of hydrogen-bond donors (Lipinski definition) is 0. The third-order valence-electron chi connectivity index (χ3n) is 3.98. The predicted molar refractivity (Wildman–Crippen MR) is 57.6 cm³/mol. The van der Waals surface area contributed by atoms with E-state index < -0.39 is 0 Å². The Morgan fingerprint density at radius 1 is 1.00 bits per heavy atom. The normalized spacial score (nSPS) is 29.3. The fourth-order valence-corrected chi connectivity index (χ4v) is 2.89. The van der Waals surface area contributed by atoms with Gasteiger partial charge in [0.05, 0.1) is 0 Å². The third-order valence-corrected chi connectivity index (χ3v) is 3.98. The first-order valence-corrected chi connectivity index (χ1v) is 5.56. The zero-order valence-corrected chi connectivity index (χ0v) is 9.11. The molecule has 2 aliphatic carbocycles. The molecule has 0 aliphatic heterocycles. The topological polar surface area (TPSA) is 0 Å². The van der Waals surface area contributed by atoms with E-state index in [2.05, 4.69) is 20.8 Å². The van der Waals surface area contributed by atoms with Crippen molar-refractivity contribution in [1.29, 1.82) is 0 Å². The summed E-state index contributed by atoms with van der Waals surface area (Å²) >= 11 is 0. The van der Waals surface area contributed by atoms with Crippen LogP contribution < -0.4 is 0 Å². The highest BCUT2D eigenvalue weighted by molar-refractivity contribution is 5.41. The molecule has 0 aromatic heterocycles. The Hall–Kier alpha value is -0.520. The number of allylic oxidation sites excluding steroid dienone is 4. The maximum Gasteiger partial charge on any atom is -0.0160 e. The monoisotopic (exact) mass is 176 g/mol. The van der Waals surface area contributed by atoms with E-state index in [1.54, 1.807) is 22.3 Å². The second kappa shape index (κ2) is 3.32. The molecule has 1 atom stereocenters. The van der Waals surface area contributed by atoms with Crippen molar-refractivity contribution in [2.75, 3.05) is 0 Å². The fraction of sp³-hybridized carbons (Fsp3) is 0.692. The Labute approximate surface area is 81.7 Å². The summed E-state index contributed by atoms with van der Waals surface area (Å²) < 4.78 is 0. The minimum atomic E-state index is 0.914. The SMILES string of the molecule is CC1=C(C)C(C)=C2CCCCC2C1. The van der Waals surface area contributed by atoms with Crippen molar-refractivity contribution in [2.24, 2.45) is 5.92 Å². The quantitative estimate of drug-likeness (QED) is 0.518. The molecule has 0 heteroatoms. The highest BCUT2D eigenvalue weighted by Gasteiger charge is 2.25. The highest BCUT2D eigenvalue weighted by atomic mass is 14.3. The zero-order chi connectivity index (χ0) is 9.42. The molecule has 0 nitrogen and oxygen atoms in total.